The van der Waals surface area contributed by atoms with E-state index in [0.29, 0.717) is 10.6 Å². The zero-order valence-electron chi connectivity index (χ0n) is 22.2. The molecule has 0 spiro atoms. The number of alkyl halides is 2. The van der Waals surface area contributed by atoms with Crippen LogP contribution in [-0.4, -0.2) is 40.7 Å². The van der Waals surface area contributed by atoms with Gasteiger partial charge in [-0.3, -0.25) is 14.9 Å². The van der Waals surface area contributed by atoms with Gasteiger partial charge in [0.05, 0.1) is 5.39 Å². The molecule has 14 heteroatoms. The van der Waals surface area contributed by atoms with Crippen LogP contribution in [0.2, 0.25) is 5.02 Å². The van der Waals surface area contributed by atoms with E-state index in [9.17, 15) is 23.2 Å². The molecular weight excluding hydrogens is 566 g/mol. The van der Waals surface area contributed by atoms with Gasteiger partial charge in [-0.2, -0.15) is 5.10 Å². The molecule has 5 rings (SSSR count). The first-order valence-corrected chi connectivity index (χ1v) is 12.5. The van der Waals surface area contributed by atoms with Gasteiger partial charge in [-0.05, 0) is 45.0 Å². The summed E-state index contributed by atoms with van der Waals surface area (Å²) >= 11 is 6.18. The van der Waals surface area contributed by atoms with Crippen molar-refractivity contribution in [2.75, 3.05) is 17.3 Å². The van der Waals surface area contributed by atoms with Gasteiger partial charge in [-0.1, -0.05) is 23.7 Å². The molecule has 0 aliphatic carbocycles. The Bertz CT molecular complexity index is 1750. The van der Waals surface area contributed by atoms with Gasteiger partial charge in [-0.25, -0.2) is 9.48 Å². The van der Waals surface area contributed by atoms with Crippen LogP contribution in [0.15, 0.2) is 57.7 Å². The Morgan fingerprint density at radius 2 is 1.85 bits per heavy atom. The molecule has 41 heavy (non-hydrogen) atoms. The molecule has 3 heterocycles. The first kappa shape index (κ1) is 27.9. The largest absolute Gasteiger partial charge is 0.586 e. The summed E-state index contributed by atoms with van der Waals surface area (Å²) in [7, 11) is 1.40. The summed E-state index contributed by atoms with van der Waals surface area (Å²) in [4.78, 5) is 40.1. The third-order valence-electron chi connectivity index (χ3n) is 5.79. The fourth-order valence-electron chi connectivity index (χ4n) is 4.00. The number of nitrogens with zero attached hydrogens (tertiary/aromatic N) is 3. The number of furan rings is 1. The minimum Gasteiger partial charge on any atom is -0.444 e. The fraction of sp³-hybridized carbons (Fsp3) is 0.259. The molecule has 214 valence electrons. The molecule has 1 aliphatic heterocycles. The number of nitrogens with one attached hydrogen (secondary N) is 1. The lowest BCUT2D eigenvalue weighted by atomic mass is 10.1. The second-order valence-corrected chi connectivity index (χ2v) is 10.5. The number of hydrogen-bond donors (Lipinski definition) is 1. The van der Waals surface area contributed by atoms with Crippen LogP contribution in [0.25, 0.3) is 22.2 Å². The number of carbonyl (C=O) groups is 2. The van der Waals surface area contributed by atoms with E-state index in [-0.39, 0.29) is 39.7 Å². The number of hydrogen-bond acceptors (Lipinski definition) is 8. The average molecular weight is 589 g/mol. The highest BCUT2D eigenvalue weighted by atomic mass is 35.5. The number of anilines is 2. The van der Waals surface area contributed by atoms with E-state index in [1.54, 1.807) is 45.0 Å². The lowest BCUT2D eigenvalue weighted by Gasteiger charge is -2.18. The number of aromatic nitrogens is 2. The maximum atomic E-state index is 13.4. The molecule has 11 nitrogen and oxygen atoms in total. The summed E-state index contributed by atoms with van der Waals surface area (Å²) < 4.78 is 47.6. The number of benzene rings is 2. The van der Waals surface area contributed by atoms with Crippen molar-refractivity contribution in [2.24, 2.45) is 0 Å². The van der Waals surface area contributed by atoms with Crippen molar-refractivity contribution in [1.82, 2.24) is 9.78 Å². The van der Waals surface area contributed by atoms with E-state index in [1.165, 1.54) is 31.3 Å². The maximum Gasteiger partial charge on any atom is 0.586 e. The Hall–Kier alpha value is -4.65. The smallest absolute Gasteiger partial charge is 0.444 e. The normalized spacial score (nSPS) is 13.7. The highest BCUT2D eigenvalue weighted by molar-refractivity contribution is 6.30. The summed E-state index contributed by atoms with van der Waals surface area (Å²) in [5.74, 6) is -1.09. The molecular formula is C27H23ClF2N4O7. The van der Waals surface area contributed by atoms with Crippen molar-refractivity contribution in [2.45, 2.75) is 39.2 Å². The van der Waals surface area contributed by atoms with Crippen LogP contribution in [0.3, 0.4) is 0 Å². The van der Waals surface area contributed by atoms with Gasteiger partial charge >= 0.3 is 12.4 Å². The highest BCUT2D eigenvalue weighted by Gasteiger charge is 2.43. The number of fused-ring (bicyclic) bond motifs is 2. The summed E-state index contributed by atoms with van der Waals surface area (Å²) in [5, 5.41) is 7.24. The van der Waals surface area contributed by atoms with Gasteiger partial charge < -0.3 is 23.5 Å². The maximum absolute atomic E-state index is 13.4. The summed E-state index contributed by atoms with van der Waals surface area (Å²) in [6, 6.07) is 11.8. The van der Waals surface area contributed by atoms with Gasteiger partial charge in [0.1, 0.15) is 17.8 Å². The van der Waals surface area contributed by atoms with E-state index in [0.717, 1.165) is 9.58 Å². The van der Waals surface area contributed by atoms with Crippen LogP contribution in [0, 0.1) is 0 Å². The van der Waals surface area contributed by atoms with Crippen LogP contribution in [0.4, 0.5) is 25.1 Å². The second-order valence-electron chi connectivity index (χ2n) is 10.1. The van der Waals surface area contributed by atoms with E-state index in [4.69, 9.17) is 20.8 Å². The Kier molecular flexibility index (Phi) is 6.85. The lowest BCUT2D eigenvalue weighted by Crippen LogP contribution is -2.35. The van der Waals surface area contributed by atoms with Crippen LogP contribution < -0.4 is 25.2 Å². The Morgan fingerprint density at radius 1 is 1.12 bits per heavy atom. The van der Waals surface area contributed by atoms with Crippen LogP contribution in [0.5, 0.6) is 11.5 Å². The number of likely N-dealkylation sites (N-methyl/N-ethyl adjacent to an activating group) is 1. The van der Waals surface area contributed by atoms with Crippen LogP contribution in [-0.2, 0) is 16.1 Å². The van der Waals surface area contributed by atoms with Crippen LogP contribution >= 0.6 is 11.6 Å². The molecule has 2 aromatic heterocycles. The van der Waals surface area contributed by atoms with Gasteiger partial charge in [0, 0.05) is 35.5 Å². The first-order chi connectivity index (χ1) is 19.2. The lowest BCUT2D eigenvalue weighted by molar-refractivity contribution is -0.286. The molecule has 1 aliphatic rings. The summed E-state index contributed by atoms with van der Waals surface area (Å²) in [6.45, 7) is 4.55. The minimum absolute atomic E-state index is 0.0294. The quantitative estimate of drug-likeness (QED) is 0.317. The molecule has 0 saturated carbocycles. The molecule has 2 aromatic carbocycles. The van der Waals surface area contributed by atoms with Crippen molar-refractivity contribution in [3.05, 3.63) is 63.9 Å². The van der Waals surface area contributed by atoms with Crippen molar-refractivity contribution in [3.63, 3.8) is 0 Å². The van der Waals surface area contributed by atoms with Gasteiger partial charge in [0.15, 0.2) is 17.1 Å². The molecule has 0 saturated heterocycles. The first-order valence-electron chi connectivity index (χ1n) is 12.2. The van der Waals surface area contributed by atoms with Crippen molar-refractivity contribution < 1.29 is 37.0 Å². The van der Waals surface area contributed by atoms with Crippen molar-refractivity contribution in [1.29, 1.82) is 0 Å². The third-order valence-corrected chi connectivity index (χ3v) is 6.02. The van der Waals surface area contributed by atoms with E-state index < -0.39 is 36.0 Å². The zero-order valence-corrected chi connectivity index (χ0v) is 22.9. The van der Waals surface area contributed by atoms with Gasteiger partial charge in [0.25, 0.3) is 5.56 Å². The fourth-order valence-corrected chi connectivity index (χ4v) is 4.19. The van der Waals surface area contributed by atoms with Crippen LogP contribution in [0.1, 0.15) is 20.8 Å². The predicted octanol–water partition coefficient (Wildman–Crippen LogP) is 5.64. The Labute approximate surface area is 236 Å². The molecule has 0 bridgehead atoms. The molecule has 4 aromatic rings. The Morgan fingerprint density at radius 3 is 2.56 bits per heavy atom. The molecule has 0 atom stereocenters. The van der Waals surface area contributed by atoms with Crippen molar-refractivity contribution >= 4 is 46.1 Å². The van der Waals surface area contributed by atoms with E-state index >= 15 is 0 Å². The molecule has 0 unspecified atom stereocenters. The number of rotatable bonds is 5. The number of ether oxygens (including phenoxy) is 3. The van der Waals surface area contributed by atoms with Gasteiger partial charge in [0.2, 0.25) is 11.8 Å². The molecule has 0 radical (unpaired) electrons. The minimum atomic E-state index is -3.81. The van der Waals surface area contributed by atoms with Gasteiger partial charge in [-0.15, -0.1) is 8.78 Å². The summed E-state index contributed by atoms with van der Waals surface area (Å²) in [6.07, 6.45) is -4.61. The van der Waals surface area contributed by atoms with E-state index in [1.807, 2.05) is 0 Å². The Balaban J connectivity index is 1.50. The number of amides is 2. The number of carbonyl (C=O) groups excluding carboxylic acids is 2. The average Bonchev–Trinajstić information content (AvgIpc) is 3.42. The topological polar surface area (TPSA) is 125 Å². The molecule has 1 N–H and O–H groups in total. The third kappa shape index (κ3) is 5.94. The van der Waals surface area contributed by atoms with E-state index in [2.05, 4.69) is 19.9 Å². The zero-order chi connectivity index (χ0) is 29.7. The summed E-state index contributed by atoms with van der Waals surface area (Å²) in [5.41, 5.74) is -0.531. The molecule has 2 amide bonds. The second kappa shape index (κ2) is 10.1. The number of halogens is 3. The molecule has 0 fully saturated rings. The monoisotopic (exact) mass is 588 g/mol. The van der Waals surface area contributed by atoms with Crippen molar-refractivity contribution in [3.8, 4) is 22.8 Å². The predicted molar refractivity (Wildman–Crippen MR) is 145 cm³/mol. The standard InChI is InChI=1S/C27H23ClF2N4O7/c1-26(2,3)41-25(37)31-20-12-17-23(38-20)22(14-6-5-7-15(28)10-14)32-34(24(17)36)13-21(35)33(4)16-8-9-18-19(11-16)40-27(29,30)39-18/h5-12H,13H2,1-4H3,(H,31,37). The SMILES string of the molecule is CN(C(=O)Cn1nc(-c2cccc(Cl)c2)c2oc(NC(=O)OC(C)(C)C)cc2c1=O)c1ccc2c(c1)OC(F)(F)O2. The highest BCUT2D eigenvalue weighted by Crippen LogP contribution is 2.42.